The molecule has 0 saturated carbocycles. The van der Waals surface area contributed by atoms with Gasteiger partial charge in [-0.2, -0.15) is 4.98 Å². The van der Waals surface area contributed by atoms with Crippen LogP contribution in [0.4, 0.5) is 0 Å². The summed E-state index contributed by atoms with van der Waals surface area (Å²) in [5, 5.41) is 11.8. The standard InChI is InChI=1S/C19H19Cl2N5O.HI/c1-22-19(23-10-9-13-5-2-3-8-16(13)21)24-12-17-25-18(26-27-17)14-6-4-7-15(20)11-14;/h2-8,11H,9-10,12H2,1H3,(H2,22,23,24);1H. The van der Waals surface area contributed by atoms with Gasteiger partial charge >= 0.3 is 0 Å². The van der Waals surface area contributed by atoms with E-state index in [0.717, 1.165) is 22.6 Å². The molecule has 0 fully saturated rings. The number of aromatic nitrogens is 2. The van der Waals surface area contributed by atoms with Crippen molar-refractivity contribution in [3.8, 4) is 11.4 Å². The third-order valence-corrected chi connectivity index (χ3v) is 4.43. The zero-order chi connectivity index (χ0) is 19.1. The topological polar surface area (TPSA) is 75.3 Å². The van der Waals surface area contributed by atoms with Gasteiger partial charge in [-0.25, -0.2) is 0 Å². The van der Waals surface area contributed by atoms with Gasteiger partial charge in [0, 0.05) is 29.2 Å². The van der Waals surface area contributed by atoms with Gasteiger partial charge in [0.05, 0.1) is 6.54 Å². The Morgan fingerprint density at radius 2 is 1.93 bits per heavy atom. The first-order valence-corrected chi connectivity index (χ1v) is 9.18. The van der Waals surface area contributed by atoms with Gasteiger partial charge in [-0.1, -0.05) is 58.7 Å². The average Bonchev–Trinajstić information content (AvgIpc) is 3.15. The van der Waals surface area contributed by atoms with Gasteiger partial charge in [-0.05, 0) is 30.2 Å². The van der Waals surface area contributed by atoms with Crippen molar-refractivity contribution >= 4 is 53.1 Å². The van der Waals surface area contributed by atoms with Crippen molar-refractivity contribution in [1.29, 1.82) is 0 Å². The first-order chi connectivity index (χ1) is 13.2. The van der Waals surface area contributed by atoms with Gasteiger partial charge in [0.1, 0.15) is 0 Å². The van der Waals surface area contributed by atoms with Gasteiger partial charge in [0.15, 0.2) is 5.96 Å². The number of aliphatic imine (C=N–C) groups is 1. The maximum absolute atomic E-state index is 6.17. The fourth-order valence-electron chi connectivity index (χ4n) is 2.47. The Bertz CT molecular complexity index is 932. The molecular formula is C19H20Cl2IN5O. The molecule has 0 bridgehead atoms. The molecule has 148 valence electrons. The molecule has 0 aliphatic carbocycles. The van der Waals surface area contributed by atoms with Crippen LogP contribution < -0.4 is 10.6 Å². The van der Waals surface area contributed by atoms with E-state index in [9.17, 15) is 0 Å². The molecule has 0 saturated heterocycles. The quantitative estimate of drug-likeness (QED) is 0.277. The number of halogens is 3. The SMILES string of the molecule is CN=C(NCCc1ccccc1Cl)NCc1nc(-c2cccc(Cl)c2)no1.I. The number of nitrogens with zero attached hydrogens (tertiary/aromatic N) is 3. The van der Waals surface area contributed by atoms with Crippen LogP contribution in [0, 0.1) is 0 Å². The lowest BCUT2D eigenvalue weighted by Crippen LogP contribution is -2.37. The number of nitrogens with one attached hydrogen (secondary N) is 2. The Kier molecular flexibility index (Phi) is 9.01. The number of rotatable bonds is 6. The molecule has 0 unspecified atom stereocenters. The molecule has 0 amide bonds. The second-order valence-electron chi connectivity index (χ2n) is 5.72. The molecule has 3 aromatic rings. The summed E-state index contributed by atoms with van der Waals surface area (Å²) in [6.07, 6.45) is 0.792. The Balaban J connectivity index is 0.00000280. The summed E-state index contributed by atoms with van der Waals surface area (Å²) in [6, 6.07) is 15.1. The van der Waals surface area contributed by atoms with Crippen molar-refractivity contribution < 1.29 is 4.52 Å². The Labute approximate surface area is 190 Å². The second-order valence-corrected chi connectivity index (χ2v) is 6.56. The molecule has 2 aromatic carbocycles. The van der Waals surface area contributed by atoms with Crippen molar-refractivity contribution in [2.24, 2.45) is 4.99 Å². The normalized spacial score (nSPS) is 11.0. The van der Waals surface area contributed by atoms with E-state index in [1.807, 2.05) is 36.4 Å². The van der Waals surface area contributed by atoms with Crippen LogP contribution >= 0.6 is 47.2 Å². The van der Waals surface area contributed by atoms with Gasteiger partial charge in [0.2, 0.25) is 11.7 Å². The van der Waals surface area contributed by atoms with Crippen molar-refractivity contribution in [3.05, 3.63) is 70.0 Å². The largest absolute Gasteiger partial charge is 0.356 e. The van der Waals surface area contributed by atoms with Crippen LogP contribution in [0.5, 0.6) is 0 Å². The third-order valence-electron chi connectivity index (χ3n) is 3.83. The molecule has 0 radical (unpaired) electrons. The number of benzene rings is 2. The average molecular weight is 532 g/mol. The number of hydrogen-bond acceptors (Lipinski definition) is 4. The highest BCUT2D eigenvalue weighted by Gasteiger charge is 2.09. The smallest absolute Gasteiger partial charge is 0.246 e. The molecule has 28 heavy (non-hydrogen) atoms. The van der Waals surface area contributed by atoms with Crippen LogP contribution in [0.15, 0.2) is 58.0 Å². The molecule has 9 heteroatoms. The van der Waals surface area contributed by atoms with Gasteiger partial charge < -0.3 is 15.2 Å². The number of hydrogen-bond donors (Lipinski definition) is 2. The minimum Gasteiger partial charge on any atom is -0.356 e. The van der Waals surface area contributed by atoms with Crippen molar-refractivity contribution in [1.82, 2.24) is 20.8 Å². The van der Waals surface area contributed by atoms with E-state index >= 15 is 0 Å². The predicted molar refractivity (Wildman–Crippen MR) is 124 cm³/mol. The molecule has 2 N–H and O–H groups in total. The maximum atomic E-state index is 6.17. The Morgan fingerprint density at radius 3 is 2.68 bits per heavy atom. The van der Waals surface area contributed by atoms with Crippen molar-refractivity contribution in [3.63, 3.8) is 0 Å². The molecule has 0 aliphatic heterocycles. The zero-order valence-electron chi connectivity index (χ0n) is 15.2. The first kappa shape index (κ1) is 22.4. The highest BCUT2D eigenvalue weighted by molar-refractivity contribution is 14.0. The Hall–Kier alpha value is -1.84. The van der Waals surface area contributed by atoms with Crippen LogP contribution in [-0.2, 0) is 13.0 Å². The lowest BCUT2D eigenvalue weighted by molar-refractivity contribution is 0.375. The Morgan fingerprint density at radius 1 is 1.11 bits per heavy atom. The fourth-order valence-corrected chi connectivity index (χ4v) is 2.89. The van der Waals surface area contributed by atoms with Gasteiger partial charge in [-0.15, -0.1) is 24.0 Å². The monoisotopic (exact) mass is 531 g/mol. The highest BCUT2D eigenvalue weighted by Crippen LogP contribution is 2.19. The summed E-state index contributed by atoms with van der Waals surface area (Å²) in [6.45, 7) is 1.06. The van der Waals surface area contributed by atoms with E-state index in [0.29, 0.717) is 35.8 Å². The minimum absolute atomic E-state index is 0. The molecule has 6 nitrogen and oxygen atoms in total. The summed E-state index contributed by atoms with van der Waals surface area (Å²) in [5.41, 5.74) is 1.89. The van der Waals surface area contributed by atoms with E-state index in [1.165, 1.54) is 0 Å². The van der Waals surface area contributed by atoms with E-state index in [-0.39, 0.29) is 24.0 Å². The summed E-state index contributed by atoms with van der Waals surface area (Å²) in [5.74, 6) is 1.60. The molecule has 3 rings (SSSR count). The predicted octanol–water partition coefficient (Wildman–Crippen LogP) is 4.57. The van der Waals surface area contributed by atoms with E-state index in [4.69, 9.17) is 27.7 Å². The summed E-state index contributed by atoms with van der Waals surface area (Å²) in [7, 11) is 1.70. The summed E-state index contributed by atoms with van der Waals surface area (Å²) in [4.78, 5) is 8.56. The van der Waals surface area contributed by atoms with E-state index < -0.39 is 0 Å². The van der Waals surface area contributed by atoms with Crippen molar-refractivity contribution in [2.45, 2.75) is 13.0 Å². The summed E-state index contributed by atoms with van der Waals surface area (Å²) < 4.78 is 5.28. The van der Waals surface area contributed by atoms with Gasteiger partial charge in [0.25, 0.3) is 0 Å². The van der Waals surface area contributed by atoms with Crippen LogP contribution in [0.25, 0.3) is 11.4 Å². The molecule has 0 aliphatic rings. The molecule has 0 spiro atoms. The first-order valence-electron chi connectivity index (χ1n) is 8.42. The third kappa shape index (κ3) is 6.35. The van der Waals surface area contributed by atoms with Gasteiger partial charge in [-0.3, -0.25) is 4.99 Å². The molecular weight excluding hydrogens is 512 g/mol. The summed E-state index contributed by atoms with van der Waals surface area (Å²) >= 11 is 12.2. The van der Waals surface area contributed by atoms with E-state index in [2.05, 4.69) is 25.8 Å². The zero-order valence-corrected chi connectivity index (χ0v) is 19.0. The second kappa shape index (κ2) is 11.2. The van der Waals surface area contributed by atoms with Crippen LogP contribution in [0.2, 0.25) is 10.0 Å². The lowest BCUT2D eigenvalue weighted by Gasteiger charge is -2.10. The molecule has 0 atom stereocenters. The minimum atomic E-state index is 0. The van der Waals surface area contributed by atoms with E-state index in [1.54, 1.807) is 19.2 Å². The van der Waals surface area contributed by atoms with Crippen LogP contribution in [0.1, 0.15) is 11.5 Å². The van der Waals surface area contributed by atoms with Crippen LogP contribution in [0.3, 0.4) is 0 Å². The lowest BCUT2D eigenvalue weighted by atomic mass is 10.1. The highest BCUT2D eigenvalue weighted by atomic mass is 127. The molecule has 1 heterocycles. The number of guanidine groups is 1. The maximum Gasteiger partial charge on any atom is 0.246 e. The molecule has 1 aromatic heterocycles. The van der Waals surface area contributed by atoms with Crippen molar-refractivity contribution in [2.75, 3.05) is 13.6 Å². The van der Waals surface area contributed by atoms with Crippen LogP contribution in [-0.4, -0.2) is 29.7 Å². The fraction of sp³-hybridized carbons (Fsp3) is 0.211.